The van der Waals surface area contributed by atoms with Crippen molar-refractivity contribution in [1.29, 1.82) is 0 Å². The van der Waals surface area contributed by atoms with E-state index in [1.54, 1.807) is 11.5 Å². The Morgan fingerprint density at radius 3 is 2.62 bits per heavy atom. The number of aromatic nitrogens is 6. The van der Waals surface area contributed by atoms with Crippen LogP contribution in [0.4, 0.5) is 0 Å². The number of fused-ring (bicyclic) bond motifs is 1. The van der Waals surface area contributed by atoms with Crippen LogP contribution in [0, 0.1) is 12.8 Å². The van der Waals surface area contributed by atoms with Gasteiger partial charge in [0.15, 0.2) is 11.5 Å². The molecule has 9 nitrogen and oxygen atoms in total. The van der Waals surface area contributed by atoms with Crippen molar-refractivity contribution in [3.05, 3.63) is 38.4 Å². The molecule has 0 aliphatic heterocycles. The predicted molar refractivity (Wildman–Crippen MR) is 111 cm³/mol. The molecule has 0 bridgehead atoms. The number of thioether (sulfide) groups is 1. The van der Waals surface area contributed by atoms with Crippen molar-refractivity contribution in [1.82, 2.24) is 29.2 Å². The van der Waals surface area contributed by atoms with E-state index >= 15 is 0 Å². The molecule has 3 heterocycles. The summed E-state index contributed by atoms with van der Waals surface area (Å²) in [5, 5.41) is 4.85. The first-order chi connectivity index (χ1) is 13.8. The maximum absolute atomic E-state index is 12.9. The van der Waals surface area contributed by atoms with Crippen molar-refractivity contribution in [3.63, 3.8) is 0 Å². The van der Waals surface area contributed by atoms with Gasteiger partial charge in [-0.1, -0.05) is 44.1 Å². The Balaban J connectivity index is 2.02. The standard InChI is InChI=1S/C19H26N6O3S/c1-6-7-8-13-22-14(28-23-13)10-29-17-15-16(20-12(4)21-17)25(9-11(2)3)19(27)24(5)18(15)26/h11H,6-10H2,1-5H3. The van der Waals surface area contributed by atoms with Crippen LogP contribution >= 0.6 is 11.8 Å². The second-order valence-corrected chi connectivity index (χ2v) is 8.39. The van der Waals surface area contributed by atoms with Gasteiger partial charge in [-0.15, -0.1) is 0 Å². The molecule has 3 aromatic heterocycles. The third-order valence-corrected chi connectivity index (χ3v) is 5.36. The molecule has 0 saturated carbocycles. The van der Waals surface area contributed by atoms with Crippen LogP contribution in [-0.2, 0) is 25.8 Å². The van der Waals surface area contributed by atoms with Gasteiger partial charge in [0.25, 0.3) is 5.56 Å². The van der Waals surface area contributed by atoms with E-state index in [2.05, 4.69) is 27.0 Å². The van der Waals surface area contributed by atoms with Crippen molar-refractivity contribution in [2.24, 2.45) is 13.0 Å². The van der Waals surface area contributed by atoms with Crippen molar-refractivity contribution >= 4 is 22.8 Å². The van der Waals surface area contributed by atoms with Crippen molar-refractivity contribution in [2.75, 3.05) is 0 Å². The number of nitrogens with zero attached hydrogens (tertiary/aromatic N) is 6. The minimum Gasteiger partial charge on any atom is -0.338 e. The highest BCUT2D eigenvalue weighted by molar-refractivity contribution is 7.98. The van der Waals surface area contributed by atoms with Crippen LogP contribution in [0.25, 0.3) is 11.0 Å². The van der Waals surface area contributed by atoms with Gasteiger partial charge in [-0.05, 0) is 19.3 Å². The van der Waals surface area contributed by atoms with E-state index in [0.717, 1.165) is 23.8 Å². The smallest absolute Gasteiger partial charge is 0.332 e. The zero-order chi connectivity index (χ0) is 21.1. The number of aryl methyl sites for hydroxylation is 2. The van der Waals surface area contributed by atoms with Crippen molar-refractivity contribution in [2.45, 2.75) is 64.3 Å². The lowest BCUT2D eigenvalue weighted by molar-refractivity contribution is 0.384. The second kappa shape index (κ2) is 8.89. The van der Waals surface area contributed by atoms with Gasteiger partial charge < -0.3 is 4.52 Å². The zero-order valence-corrected chi connectivity index (χ0v) is 18.2. The average Bonchev–Trinajstić information content (AvgIpc) is 3.13. The van der Waals surface area contributed by atoms with Gasteiger partial charge in [-0.3, -0.25) is 13.9 Å². The van der Waals surface area contributed by atoms with Crippen LogP contribution in [0.3, 0.4) is 0 Å². The largest absolute Gasteiger partial charge is 0.338 e. The van der Waals surface area contributed by atoms with Gasteiger partial charge in [0.05, 0.1) is 5.75 Å². The highest BCUT2D eigenvalue weighted by Gasteiger charge is 2.19. The molecule has 0 N–H and O–H groups in total. The fourth-order valence-electron chi connectivity index (χ4n) is 2.99. The molecule has 0 aliphatic rings. The lowest BCUT2D eigenvalue weighted by Crippen LogP contribution is -2.39. The maximum Gasteiger partial charge on any atom is 0.332 e. The Bertz CT molecular complexity index is 1130. The number of rotatable bonds is 8. The molecule has 0 amide bonds. The molecule has 0 saturated heterocycles. The number of unbranched alkanes of at least 4 members (excludes halogenated alkanes) is 1. The third kappa shape index (κ3) is 4.58. The number of hydrogen-bond acceptors (Lipinski definition) is 8. The normalized spacial score (nSPS) is 11.7. The number of hydrogen-bond donors (Lipinski definition) is 0. The Labute approximate surface area is 172 Å². The average molecular weight is 419 g/mol. The highest BCUT2D eigenvalue weighted by Crippen LogP contribution is 2.25. The fourth-order valence-corrected chi connectivity index (χ4v) is 3.89. The molecule has 0 atom stereocenters. The van der Waals surface area contributed by atoms with Crippen LogP contribution in [0.2, 0.25) is 0 Å². The third-order valence-electron chi connectivity index (χ3n) is 4.40. The first-order valence-corrected chi connectivity index (χ1v) is 10.7. The maximum atomic E-state index is 12.9. The summed E-state index contributed by atoms with van der Waals surface area (Å²) in [5.74, 6) is 2.28. The molecule has 0 unspecified atom stereocenters. The molecular formula is C19H26N6O3S. The summed E-state index contributed by atoms with van der Waals surface area (Å²) in [6.45, 7) is 8.35. The van der Waals surface area contributed by atoms with Gasteiger partial charge in [-0.2, -0.15) is 4.98 Å². The molecule has 0 spiro atoms. The zero-order valence-electron chi connectivity index (χ0n) is 17.4. The lowest BCUT2D eigenvalue weighted by Gasteiger charge is -2.14. The van der Waals surface area contributed by atoms with Crippen LogP contribution < -0.4 is 11.2 Å². The summed E-state index contributed by atoms with van der Waals surface area (Å²) in [6.07, 6.45) is 2.85. The molecular weight excluding hydrogens is 392 g/mol. The van der Waals surface area contributed by atoms with E-state index in [1.165, 1.54) is 18.8 Å². The molecule has 3 aromatic rings. The predicted octanol–water partition coefficient (Wildman–Crippen LogP) is 2.47. The van der Waals surface area contributed by atoms with Gasteiger partial charge >= 0.3 is 5.69 Å². The Morgan fingerprint density at radius 1 is 1.17 bits per heavy atom. The summed E-state index contributed by atoms with van der Waals surface area (Å²) >= 11 is 1.33. The molecule has 156 valence electrons. The van der Waals surface area contributed by atoms with E-state index in [9.17, 15) is 9.59 Å². The van der Waals surface area contributed by atoms with Gasteiger partial charge in [0.1, 0.15) is 16.2 Å². The lowest BCUT2D eigenvalue weighted by atomic mass is 10.2. The first kappa shape index (κ1) is 21.2. The fraction of sp³-hybridized carbons (Fsp3) is 0.579. The Kier molecular flexibility index (Phi) is 6.51. The van der Waals surface area contributed by atoms with Crippen LogP contribution in [0.1, 0.15) is 51.2 Å². The van der Waals surface area contributed by atoms with Crippen LogP contribution in [-0.4, -0.2) is 29.2 Å². The SMILES string of the molecule is CCCCc1noc(CSc2nc(C)nc3c2c(=O)n(C)c(=O)n3CC(C)C)n1. The summed E-state index contributed by atoms with van der Waals surface area (Å²) in [5.41, 5.74) is -0.402. The monoisotopic (exact) mass is 418 g/mol. The van der Waals surface area contributed by atoms with Gasteiger partial charge in [0.2, 0.25) is 5.89 Å². The second-order valence-electron chi connectivity index (χ2n) is 7.42. The quantitative estimate of drug-likeness (QED) is 0.405. The van der Waals surface area contributed by atoms with Gasteiger partial charge in [0, 0.05) is 20.0 Å². The summed E-state index contributed by atoms with van der Waals surface area (Å²) in [4.78, 5) is 38.8. The summed E-state index contributed by atoms with van der Waals surface area (Å²) < 4.78 is 7.98. The van der Waals surface area contributed by atoms with E-state index in [4.69, 9.17) is 4.52 Å². The summed E-state index contributed by atoms with van der Waals surface area (Å²) in [7, 11) is 1.48. The Hall–Kier alpha value is -2.49. The first-order valence-electron chi connectivity index (χ1n) is 9.74. The minimum absolute atomic E-state index is 0.222. The Morgan fingerprint density at radius 2 is 1.93 bits per heavy atom. The van der Waals surface area contributed by atoms with E-state index in [-0.39, 0.29) is 11.6 Å². The molecule has 0 aromatic carbocycles. The van der Waals surface area contributed by atoms with E-state index < -0.39 is 5.56 Å². The van der Waals surface area contributed by atoms with E-state index in [0.29, 0.717) is 45.9 Å². The topological polar surface area (TPSA) is 109 Å². The highest BCUT2D eigenvalue weighted by atomic mass is 32.2. The molecule has 10 heteroatoms. The molecule has 3 rings (SSSR count). The summed E-state index contributed by atoms with van der Waals surface area (Å²) in [6, 6.07) is 0. The van der Waals surface area contributed by atoms with Crippen molar-refractivity contribution < 1.29 is 4.52 Å². The van der Waals surface area contributed by atoms with Crippen LogP contribution in [0.5, 0.6) is 0 Å². The van der Waals surface area contributed by atoms with Crippen molar-refractivity contribution in [3.8, 4) is 0 Å². The molecule has 0 aliphatic carbocycles. The molecule has 0 radical (unpaired) electrons. The molecule has 29 heavy (non-hydrogen) atoms. The van der Waals surface area contributed by atoms with Gasteiger partial charge in [-0.25, -0.2) is 14.8 Å². The van der Waals surface area contributed by atoms with Crippen LogP contribution in [0.15, 0.2) is 19.1 Å². The van der Waals surface area contributed by atoms with E-state index in [1.807, 2.05) is 13.8 Å². The minimum atomic E-state index is -0.401. The molecule has 0 fully saturated rings.